The van der Waals surface area contributed by atoms with Crippen molar-refractivity contribution in [3.8, 4) is 0 Å². The van der Waals surface area contributed by atoms with Gasteiger partial charge in [-0.25, -0.2) is 0 Å². The molecule has 90 valence electrons. The molecule has 4 heteroatoms. The highest BCUT2D eigenvalue weighted by atomic mass is 79.9. The second-order valence-corrected chi connectivity index (χ2v) is 5.01. The maximum absolute atomic E-state index is 5.46. The Balaban J connectivity index is 1.82. The average Bonchev–Trinajstić information content (AvgIpc) is 2.91. The molecule has 2 atom stereocenters. The summed E-state index contributed by atoms with van der Waals surface area (Å²) in [5.74, 6) is 1.63. The summed E-state index contributed by atoms with van der Waals surface area (Å²) >= 11 is 3.31. The fourth-order valence-electron chi connectivity index (χ4n) is 2.19. The number of hydrogen-bond acceptors (Lipinski definition) is 3. The molecular weight excluding hydrogens is 270 g/mol. The van der Waals surface area contributed by atoms with E-state index in [-0.39, 0.29) is 0 Å². The van der Waals surface area contributed by atoms with Crippen LogP contribution in [0.4, 0.5) is 0 Å². The van der Waals surface area contributed by atoms with E-state index in [1.807, 2.05) is 12.1 Å². The predicted octanol–water partition coefficient (Wildman–Crippen LogP) is 2.95. The van der Waals surface area contributed by atoms with Crippen LogP contribution < -0.4 is 5.32 Å². The van der Waals surface area contributed by atoms with E-state index in [0.717, 1.165) is 36.6 Å². The van der Waals surface area contributed by atoms with Crippen molar-refractivity contribution in [2.45, 2.75) is 32.4 Å². The normalized spacial score (nSPS) is 22.5. The molecule has 1 aliphatic rings. The van der Waals surface area contributed by atoms with E-state index < -0.39 is 0 Å². The van der Waals surface area contributed by atoms with E-state index in [4.69, 9.17) is 9.15 Å². The van der Waals surface area contributed by atoms with Crippen molar-refractivity contribution in [2.75, 3.05) is 13.2 Å². The van der Waals surface area contributed by atoms with Crippen molar-refractivity contribution in [1.82, 2.24) is 5.32 Å². The highest BCUT2D eigenvalue weighted by Gasteiger charge is 2.24. The first-order chi connectivity index (χ1) is 7.79. The van der Waals surface area contributed by atoms with Crippen molar-refractivity contribution < 1.29 is 9.15 Å². The molecule has 2 heterocycles. The molecule has 0 radical (unpaired) electrons. The largest absolute Gasteiger partial charge is 0.453 e. The quantitative estimate of drug-likeness (QED) is 0.904. The average molecular weight is 288 g/mol. The molecule has 1 aliphatic heterocycles. The van der Waals surface area contributed by atoms with E-state index in [2.05, 4.69) is 28.2 Å². The SMILES string of the molecule is CC[C@@H](NCc1ccc(Br)o1)[C@@H]1CCOC1. The van der Waals surface area contributed by atoms with Crippen LogP contribution in [0.2, 0.25) is 0 Å². The second kappa shape index (κ2) is 5.84. The van der Waals surface area contributed by atoms with E-state index in [0.29, 0.717) is 12.0 Å². The molecule has 1 fully saturated rings. The van der Waals surface area contributed by atoms with Gasteiger partial charge in [-0.15, -0.1) is 0 Å². The number of furan rings is 1. The van der Waals surface area contributed by atoms with Crippen molar-refractivity contribution in [3.63, 3.8) is 0 Å². The van der Waals surface area contributed by atoms with Crippen LogP contribution >= 0.6 is 15.9 Å². The molecule has 2 rings (SSSR count). The maximum Gasteiger partial charge on any atom is 0.169 e. The molecule has 0 spiro atoms. The highest BCUT2D eigenvalue weighted by Crippen LogP contribution is 2.20. The molecule has 0 amide bonds. The molecule has 3 nitrogen and oxygen atoms in total. The summed E-state index contributed by atoms with van der Waals surface area (Å²) in [6, 6.07) is 4.46. The zero-order valence-electron chi connectivity index (χ0n) is 9.54. The molecule has 0 saturated carbocycles. The lowest BCUT2D eigenvalue weighted by atomic mass is 9.97. The van der Waals surface area contributed by atoms with Crippen molar-refractivity contribution in [3.05, 3.63) is 22.6 Å². The first-order valence-electron chi connectivity index (χ1n) is 5.85. The third-order valence-electron chi connectivity index (χ3n) is 3.14. The Labute approximate surface area is 105 Å². The number of rotatable bonds is 5. The van der Waals surface area contributed by atoms with Crippen LogP contribution in [0.3, 0.4) is 0 Å². The highest BCUT2D eigenvalue weighted by molar-refractivity contribution is 9.10. The van der Waals surface area contributed by atoms with E-state index in [1.165, 1.54) is 6.42 Å². The Hall–Kier alpha value is -0.320. The van der Waals surface area contributed by atoms with Gasteiger partial charge in [0.1, 0.15) is 5.76 Å². The summed E-state index contributed by atoms with van der Waals surface area (Å²) in [5, 5.41) is 3.55. The topological polar surface area (TPSA) is 34.4 Å². The first kappa shape index (κ1) is 12.1. The number of halogens is 1. The van der Waals surface area contributed by atoms with Gasteiger partial charge in [0.05, 0.1) is 13.2 Å². The van der Waals surface area contributed by atoms with E-state index in [1.54, 1.807) is 0 Å². The Kier molecular flexibility index (Phi) is 4.44. The van der Waals surface area contributed by atoms with Gasteiger partial charge in [0.15, 0.2) is 4.67 Å². The monoisotopic (exact) mass is 287 g/mol. The standard InChI is InChI=1S/C12H18BrNO2/c1-2-11(9-5-6-15-8-9)14-7-10-3-4-12(13)16-10/h3-4,9,11,14H,2,5-8H2,1H3/t9-,11-/m1/s1. The fourth-order valence-corrected chi connectivity index (χ4v) is 2.53. The first-order valence-corrected chi connectivity index (χ1v) is 6.64. The van der Waals surface area contributed by atoms with E-state index in [9.17, 15) is 0 Å². The van der Waals surface area contributed by atoms with Crippen LogP contribution in [0, 0.1) is 5.92 Å². The number of ether oxygens (including phenoxy) is 1. The van der Waals surface area contributed by atoms with Crippen LogP contribution in [0.1, 0.15) is 25.5 Å². The molecule has 1 saturated heterocycles. The smallest absolute Gasteiger partial charge is 0.169 e. The van der Waals surface area contributed by atoms with E-state index >= 15 is 0 Å². The van der Waals surface area contributed by atoms with Gasteiger partial charge in [-0.1, -0.05) is 6.92 Å². The third kappa shape index (κ3) is 3.09. The minimum Gasteiger partial charge on any atom is -0.453 e. The van der Waals surface area contributed by atoms with Gasteiger partial charge in [0.25, 0.3) is 0 Å². The number of hydrogen-bond donors (Lipinski definition) is 1. The Morgan fingerprint density at radius 2 is 2.44 bits per heavy atom. The van der Waals surface area contributed by atoms with Gasteiger partial charge >= 0.3 is 0 Å². The molecule has 16 heavy (non-hydrogen) atoms. The van der Waals surface area contributed by atoms with Gasteiger partial charge in [-0.2, -0.15) is 0 Å². The lowest BCUT2D eigenvalue weighted by Gasteiger charge is -2.21. The Morgan fingerprint density at radius 1 is 1.56 bits per heavy atom. The third-order valence-corrected chi connectivity index (χ3v) is 3.57. The summed E-state index contributed by atoms with van der Waals surface area (Å²) in [4.78, 5) is 0. The summed E-state index contributed by atoms with van der Waals surface area (Å²) in [7, 11) is 0. The van der Waals surface area contributed by atoms with Crippen LogP contribution in [-0.4, -0.2) is 19.3 Å². The summed E-state index contributed by atoms with van der Waals surface area (Å²) < 4.78 is 11.7. The predicted molar refractivity (Wildman–Crippen MR) is 66.3 cm³/mol. The molecule has 0 aliphatic carbocycles. The minimum atomic E-state index is 0.534. The fraction of sp³-hybridized carbons (Fsp3) is 0.667. The van der Waals surface area contributed by atoms with Gasteiger partial charge < -0.3 is 14.5 Å². The molecule has 0 aromatic carbocycles. The van der Waals surface area contributed by atoms with Crippen molar-refractivity contribution >= 4 is 15.9 Å². The zero-order valence-corrected chi connectivity index (χ0v) is 11.1. The summed E-state index contributed by atoms with van der Waals surface area (Å²) in [6.07, 6.45) is 2.31. The Bertz CT molecular complexity index is 321. The van der Waals surface area contributed by atoms with Crippen molar-refractivity contribution in [2.24, 2.45) is 5.92 Å². The van der Waals surface area contributed by atoms with Gasteiger partial charge in [-0.3, -0.25) is 0 Å². The molecule has 1 aromatic heterocycles. The molecule has 0 bridgehead atoms. The second-order valence-electron chi connectivity index (χ2n) is 4.23. The number of nitrogens with one attached hydrogen (secondary N) is 1. The summed E-state index contributed by atoms with van der Waals surface area (Å²) in [6.45, 7) is 4.82. The van der Waals surface area contributed by atoms with Gasteiger partial charge in [0.2, 0.25) is 0 Å². The van der Waals surface area contributed by atoms with Gasteiger partial charge in [0, 0.05) is 12.6 Å². The molecule has 1 N–H and O–H groups in total. The minimum absolute atomic E-state index is 0.534. The van der Waals surface area contributed by atoms with Gasteiger partial charge in [-0.05, 0) is 46.8 Å². The molecular formula is C12H18BrNO2. The summed E-state index contributed by atoms with van der Waals surface area (Å²) in [5.41, 5.74) is 0. The molecule has 0 unspecified atom stereocenters. The van der Waals surface area contributed by atoms with Crippen LogP contribution in [0.15, 0.2) is 21.2 Å². The van der Waals surface area contributed by atoms with Crippen molar-refractivity contribution in [1.29, 1.82) is 0 Å². The van der Waals surface area contributed by atoms with Crippen LogP contribution in [0.5, 0.6) is 0 Å². The lowest BCUT2D eigenvalue weighted by molar-refractivity contribution is 0.175. The van der Waals surface area contributed by atoms with Crippen LogP contribution in [-0.2, 0) is 11.3 Å². The zero-order chi connectivity index (χ0) is 11.4. The maximum atomic E-state index is 5.46. The molecule has 1 aromatic rings. The lowest BCUT2D eigenvalue weighted by Crippen LogP contribution is -2.35. The van der Waals surface area contributed by atoms with Crippen LogP contribution in [0.25, 0.3) is 0 Å². The Morgan fingerprint density at radius 3 is 3.00 bits per heavy atom.